The third-order valence-electron chi connectivity index (χ3n) is 2.90. The molecule has 1 aromatic carbocycles. The Labute approximate surface area is 109 Å². The molecular formula is C13H13N5O. The van der Waals surface area contributed by atoms with E-state index in [0.29, 0.717) is 18.0 Å². The van der Waals surface area contributed by atoms with Gasteiger partial charge in [0.05, 0.1) is 0 Å². The van der Waals surface area contributed by atoms with Crippen LogP contribution in [0, 0.1) is 6.92 Å². The smallest absolute Gasteiger partial charge is 0.348 e. The van der Waals surface area contributed by atoms with Crippen LogP contribution in [0.4, 0.5) is 5.82 Å². The molecular weight excluding hydrogens is 242 g/mol. The van der Waals surface area contributed by atoms with Gasteiger partial charge in [-0.1, -0.05) is 29.8 Å². The highest BCUT2D eigenvalue weighted by Gasteiger charge is 2.02. The molecule has 2 N–H and O–H groups in total. The first-order valence-corrected chi connectivity index (χ1v) is 5.94. The minimum atomic E-state index is -0.285. The molecule has 0 aliphatic rings. The highest BCUT2D eigenvalue weighted by atomic mass is 16.1. The lowest BCUT2D eigenvalue weighted by atomic mass is 10.1. The SMILES string of the molecule is Cc1ccc(CNc2cc3n[nH]c(=O)n3cn2)cc1. The van der Waals surface area contributed by atoms with Gasteiger partial charge in [-0.2, -0.15) is 5.10 Å². The Kier molecular flexibility index (Phi) is 2.75. The van der Waals surface area contributed by atoms with Crippen molar-refractivity contribution in [2.24, 2.45) is 0 Å². The summed E-state index contributed by atoms with van der Waals surface area (Å²) in [5.74, 6) is 0.687. The first-order chi connectivity index (χ1) is 9.22. The average Bonchev–Trinajstić information content (AvgIpc) is 2.79. The van der Waals surface area contributed by atoms with Crippen LogP contribution in [0.3, 0.4) is 0 Å². The first-order valence-electron chi connectivity index (χ1n) is 5.94. The average molecular weight is 255 g/mol. The molecule has 0 bridgehead atoms. The highest BCUT2D eigenvalue weighted by Crippen LogP contribution is 2.08. The van der Waals surface area contributed by atoms with Crippen LogP contribution in [0.15, 0.2) is 41.5 Å². The molecule has 0 radical (unpaired) electrons. The van der Waals surface area contributed by atoms with E-state index in [9.17, 15) is 4.79 Å². The van der Waals surface area contributed by atoms with Crippen molar-refractivity contribution in [1.82, 2.24) is 19.6 Å². The maximum Gasteiger partial charge on any atom is 0.348 e. The predicted octanol–water partition coefficient (Wildman–Crippen LogP) is 1.34. The van der Waals surface area contributed by atoms with E-state index < -0.39 is 0 Å². The fourth-order valence-electron chi connectivity index (χ4n) is 1.80. The standard InChI is InChI=1S/C13H13N5O/c1-9-2-4-10(5-3-9)7-14-11-6-12-16-17-13(19)18(12)8-15-11/h2-6,8,14H,7H2,1H3,(H,17,19). The normalized spacial score (nSPS) is 10.8. The lowest BCUT2D eigenvalue weighted by Crippen LogP contribution is -2.10. The van der Waals surface area contributed by atoms with Gasteiger partial charge in [-0.3, -0.25) is 0 Å². The number of nitrogens with zero attached hydrogens (tertiary/aromatic N) is 3. The van der Waals surface area contributed by atoms with Gasteiger partial charge in [-0.15, -0.1) is 0 Å². The zero-order chi connectivity index (χ0) is 13.2. The lowest BCUT2D eigenvalue weighted by Gasteiger charge is -2.05. The molecule has 19 heavy (non-hydrogen) atoms. The van der Waals surface area contributed by atoms with E-state index in [4.69, 9.17) is 0 Å². The Morgan fingerprint density at radius 1 is 1.32 bits per heavy atom. The fraction of sp³-hybridized carbons (Fsp3) is 0.154. The van der Waals surface area contributed by atoms with Crippen LogP contribution >= 0.6 is 0 Å². The summed E-state index contributed by atoms with van der Waals surface area (Å²) in [7, 11) is 0. The monoisotopic (exact) mass is 255 g/mol. The van der Waals surface area contributed by atoms with Gasteiger partial charge in [0.1, 0.15) is 12.1 Å². The zero-order valence-electron chi connectivity index (χ0n) is 10.4. The van der Waals surface area contributed by atoms with Crippen LogP contribution in [0.1, 0.15) is 11.1 Å². The maximum absolute atomic E-state index is 11.3. The van der Waals surface area contributed by atoms with Gasteiger partial charge in [0.15, 0.2) is 5.65 Å². The molecule has 0 aliphatic carbocycles. The van der Waals surface area contributed by atoms with Crippen molar-refractivity contribution in [2.45, 2.75) is 13.5 Å². The second-order valence-electron chi connectivity index (χ2n) is 4.37. The van der Waals surface area contributed by atoms with E-state index in [0.717, 1.165) is 0 Å². The Bertz CT molecular complexity index is 757. The van der Waals surface area contributed by atoms with Crippen LogP contribution in [-0.2, 0) is 6.54 Å². The topological polar surface area (TPSA) is 75.1 Å². The lowest BCUT2D eigenvalue weighted by molar-refractivity contribution is 0.990. The molecule has 0 saturated carbocycles. The van der Waals surface area contributed by atoms with Crippen molar-refractivity contribution < 1.29 is 0 Å². The molecule has 0 unspecified atom stereocenters. The van der Waals surface area contributed by atoms with Crippen molar-refractivity contribution in [3.63, 3.8) is 0 Å². The van der Waals surface area contributed by atoms with Crippen LogP contribution in [-0.4, -0.2) is 19.6 Å². The summed E-state index contributed by atoms with van der Waals surface area (Å²) in [5.41, 5.74) is 2.67. The molecule has 2 aromatic heterocycles. The van der Waals surface area contributed by atoms with Crippen LogP contribution in [0.2, 0.25) is 0 Å². The second kappa shape index (κ2) is 4.56. The molecule has 3 rings (SSSR count). The number of aryl methyl sites for hydroxylation is 1. The number of rotatable bonds is 3. The summed E-state index contributed by atoms with van der Waals surface area (Å²) < 4.78 is 1.36. The fourth-order valence-corrected chi connectivity index (χ4v) is 1.80. The summed E-state index contributed by atoms with van der Waals surface area (Å²) in [6.45, 7) is 2.74. The molecule has 6 heteroatoms. The summed E-state index contributed by atoms with van der Waals surface area (Å²) in [6, 6.07) is 10.0. The molecule has 0 aliphatic heterocycles. The number of anilines is 1. The Morgan fingerprint density at radius 3 is 2.89 bits per heavy atom. The number of hydrogen-bond donors (Lipinski definition) is 2. The van der Waals surface area contributed by atoms with E-state index in [1.165, 1.54) is 21.9 Å². The number of aromatic amines is 1. The molecule has 6 nitrogen and oxygen atoms in total. The van der Waals surface area contributed by atoms with Gasteiger partial charge in [0.25, 0.3) is 0 Å². The van der Waals surface area contributed by atoms with Crippen LogP contribution in [0.5, 0.6) is 0 Å². The predicted molar refractivity (Wildman–Crippen MR) is 72.1 cm³/mol. The number of hydrogen-bond acceptors (Lipinski definition) is 4. The van der Waals surface area contributed by atoms with Crippen LogP contribution in [0.25, 0.3) is 5.65 Å². The Balaban J connectivity index is 1.78. The van der Waals surface area contributed by atoms with Crippen molar-refractivity contribution >= 4 is 11.5 Å². The van der Waals surface area contributed by atoms with Gasteiger partial charge >= 0.3 is 5.69 Å². The maximum atomic E-state index is 11.3. The summed E-state index contributed by atoms with van der Waals surface area (Å²) >= 11 is 0. The van der Waals surface area contributed by atoms with Crippen molar-refractivity contribution in [3.05, 3.63) is 58.3 Å². The number of fused-ring (bicyclic) bond motifs is 1. The van der Waals surface area contributed by atoms with E-state index in [1.54, 1.807) is 6.07 Å². The van der Waals surface area contributed by atoms with E-state index in [-0.39, 0.29) is 5.69 Å². The molecule has 0 amide bonds. The van der Waals surface area contributed by atoms with Gasteiger partial charge in [0.2, 0.25) is 0 Å². The van der Waals surface area contributed by atoms with Gasteiger partial charge < -0.3 is 5.32 Å². The van der Waals surface area contributed by atoms with Gasteiger partial charge in [-0.05, 0) is 12.5 Å². The minimum Gasteiger partial charge on any atom is -0.366 e. The highest BCUT2D eigenvalue weighted by molar-refractivity contribution is 5.48. The third kappa shape index (κ3) is 2.33. The molecule has 2 heterocycles. The number of nitrogens with one attached hydrogen (secondary N) is 2. The van der Waals surface area contributed by atoms with Crippen molar-refractivity contribution in [2.75, 3.05) is 5.32 Å². The quantitative estimate of drug-likeness (QED) is 0.740. The summed E-state index contributed by atoms with van der Waals surface area (Å²) in [4.78, 5) is 15.5. The van der Waals surface area contributed by atoms with Gasteiger partial charge in [-0.25, -0.2) is 19.3 Å². The summed E-state index contributed by atoms with van der Waals surface area (Å²) in [5, 5.41) is 9.47. The molecule has 96 valence electrons. The third-order valence-corrected chi connectivity index (χ3v) is 2.90. The number of aromatic nitrogens is 4. The number of benzene rings is 1. The van der Waals surface area contributed by atoms with Crippen LogP contribution < -0.4 is 11.0 Å². The largest absolute Gasteiger partial charge is 0.366 e. The summed E-state index contributed by atoms with van der Waals surface area (Å²) in [6.07, 6.45) is 1.46. The molecule has 3 aromatic rings. The van der Waals surface area contributed by atoms with Gasteiger partial charge in [0, 0.05) is 12.6 Å². The van der Waals surface area contributed by atoms with Crippen molar-refractivity contribution in [3.8, 4) is 0 Å². The van der Waals surface area contributed by atoms with E-state index in [1.807, 2.05) is 0 Å². The Hall–Kier alpha value is -2.63. The second-order valence-corrected chi connectivity index (χ2v) is 4.37. The van der Waals surface area contributed by atoms with E-state index >= 15 is 0 Å². The molecule has 0 saturated heterocycles. The van der Waals surface area contributed by atoms with Crippen molar-refractivity contribution in [1.29, 1.82) is 0 Å². The minimum absolute atomic E-state index is 0.285. The zero-order valence-corrected chi connectivity index (χ0v) is 10.4. The van der Waals surface area contributed by atoms with E-state index in [2.05, 4.69) is 51.7 Å². The molecule has 0 fully saturated rings. The first kappa shape index (κ1) is 11.5. The molecule has 0 spiro atoms. The Morgan fingerprint density at radius 2 is 2.11 bits per heavy atom. The number of H-pyrrole nitrogens is 1. The molecule has 0 atom stereocenters.